The molecule has 0 saturated heterocycles. The Bertz CT molecular complexity index is 166. The summed E-state index contributed by atoms with van der Waals surface area (Å²) in [6, 6.07) is 0. The summed E-state index contributed by atoms with van der Waals surface area (Å²) in [7, 11) is 0. The van der Waals surface area contributed by atoms with E-state index in [0.717, 1.165) is 0 Å². The lowest BCUT2D eigenvalue weighted by Crippen LogP contribution is -2.21. The van der Waals surface area contributed by atoms with Gasteiger partial charge in [0.25, 0.3) is 5.78 Å². The van der Waals surface area contributed by atoms with Gasteiger partial charge in [-0.1, -0.05) is 0 Å². The van der Waals surface area contributed by atoms with Crippen molar-refractivity contribution in [2.75, 3.05) is 0 Å². The molecule has 2 N–H and O–H groups in total. The third kappa shape index (κ3) is 3.11. The SMILES string of the molecule is C/C(N)=C/C(=O)C(F)(F)F. The lowest BCUT2D eigenvalue weighted by Gasteiger charge is -1.99. The third-order valence-corrected chi connectivity index (χ3v) is 0.638. The molecule has 0 aliphatic heterocycles. The topological polar surface area (TPSA) is 43.1 Å². The number of carbonyl (C=O) groups is 1. The van der Waals surface area contributed by atoms with E-state index < -0.39 is 12.0 Å². The molecule has 0 aromatic carbocycles. The number of halogens is 3. The molecule has 0 saturated carbocycles. The van der Waals surface area contributed by atoms with Gasteiger partial charge in [-0.2, -0.15) is 13.2 Å². The van der Waals surface area contributed by atoms with Gasteiger partial charge in [0.1, 0.15) is 0 Å². The van der Waals surface area contributed by atoms with Crippen molar-refractivity contribution in [2.24, 2.45) is 5.73 Å². The quantitative estimate of drug-likeness (QED) is 0.570. The van der Waals surface area contributed by atoms with E-state index >= 15 is 0 Å². The molecule has 0 fully saturated rings. The van der Waals surface area contributed by atoms with Crippen LogP contribution in [0.5, 0.6) is 0 Å². The maximum absolute atomic E-state index is 11.4. The molecule has 0 amide bonds. The Kier molecular flexibility index (Phi) is 2.45. The van der Waals surface area contributed by atoms with Crippen LogP contribution < -0.4 is 5.73 Å². The zero-order valence-electron chi connectivity index (χ0n) is 5.20. The van der Waals surface area contributed by atoms with Crippen molar-refractivity contribution in [3.05, 3.63) is 11.8 Å². The first-order valence-corrected chi connectivity index (χ1v) is 2.39. The Balaban J connectivity index is 4.27. The molecule has 0 spiro atoms. The minimum absolute atomic E-state index is 0.151. The van der Waals surface area contributed by atoms with Crippen LogP contribution in [-0.4, -0.2) is 12.0 Å². The molecule has 2 nitrogen and oxygen atoms in total. The second kappa shape index (κ2) is 2.72. The molecule has 0 aromatic rings. The molecule has 5 heteroatoms. The summed E-state index contributed by atoms with van der Waals surface area (Å²) in [5.41, 5.74) is 4.68. The summed E-state index contributed by atoms with van der Waals surface area (Å²) < 4.78 is 34.1. The van der Waals surface area contributed by atoms with Crippen LogP contribution in [0.1, 0.15) is 6.92 Å². The fourth-order valence-electron chi connectivity index (χ4n) is 0.289. The van der Waals surface area contributed by atoms with Gasteiger partial charge < -0.3 is 5.73 Å². The highest BCUT2D eigenvalue weighted by atomic mass is 19.4. The van der Waals surface area contributed by atoms with Crippen molar-refractivity contribution >= 4 is 5.78 Å². The van der Waals surface area contributed by atoms with Crippen LogP contribution in [0.4, 0.5) is 13.2 Å². The van der Waals surface area contributed by atoms with E-state index in [1.165, 1.54) is 6.92 Å². The van der Waals surface area contributed by atoms with Crippen LogP contribution in [-0.2, 0) is 4.79 Å². The molecular weight excluding hydrogens is 147 g/mol. The highest BCUT2D eigenvalue weighted by Gasteiger charge is 2.36. The molecule has 0 aromatic heterocycles. The van der Waals surface area contributed by atoms with Gasteiger partial charge in [0.2, 0.25) is 0 Å². The van der Waals surface area contributed by atoms with E-state index in [1.807, 2.05) is 0 Å². The molecule has 0 rings (SSSR count). The Morgan fingerprint density at radius 3 is 2.00 bits per heavy atom. The van der Waals surface area contributed by atoms with Crippen LogP contribution >= 0.6 is 0 Å². The maximum atomic E-state index is 11.4. The van der Waals surface area contributed by atoms with Gasteiger partial charge in [-0.25, -0.2) is 0 Å². The molecule has 0 aliphatic carbocycles. The Hall–Kier alpha value is -1.00. The molecule has 0 heterocycles. The van der Waals surface area contributed by atoms with Gasteiger partial charge >= 0.3 is 6.18 Å². The second-order valence-electron chi connectivity index (χ2n) is 1.75. The van der Waals surface area contributed by atoms with Crippen molar-refractivity contribution in [3.8, 4) is 0 Å². The summed E-state index contributed by atoms with van der Waals surface area (Å²) in [6.07, 6.45) is -4.46. The lowest BCUT2D eigenvalue weighted by molar-refractivity contribution is -0.165. The predicted octanol–water partition coefficient (Wildman–Crippen LogP) is 0.980. The molecule has 0 radical (unpaired) electrons. The Labute approximate surface area is 55.5 Å². The summed E-state index contributed by atoms with van der Waals surface area (Å²) in [5, 5.41) is 0. The van der Waals surface area contributed by atoms with Gasteiger partial charge in [0, 0.05) is 11.8 Å². The summed E-state index contributed by atoms with van der Waals surface area (Å²) in [5.74, 6) is -1.92. The van der Waals surface area contributed by atoms with Gasteiger partial charge in [0.15, 0.2) is 0 Å². The molecule has 0 atom stereocenters. The first kappa shape index (κ1) is 9.00. The van der Waals surface area contributed by atoms with Crippen molar-refractivity contribution in [1.82, 2.24) is 0 Å². The van der Waals surface area contributed by atoms with Crippen molar-refractivity contribution in [3.63, 3.8) is 0 Å². The molecule has 0 aliphatic rings. The minimum atomic E-state index is -4.80. The van der Waals surface area contributed by atoms with Crippen LogP contribution in [0.25, 0.3) is 0 Å². The monoisotopic (exact) mass is 153 g/mol. The van der Waals surface area contributed by atoms with Crippen molar-refractivity contribution in [1.29, 1.82) is 0 Å². The number of alkyl halides is 3. The number of hydrogen-bond acceptors (Lipinski definition) is 2. The van der Waals surface area contributed by atoms with Gasteiger partial charge in [-0.3, -0.25) is 4.79 Å². The van der Waals surface area contributed by atoms with E-state index in [4.69, 9.17) is 5.73 Å². The highest BCUT2D eigenvalue weighted by Crippen LogP contribution is 2.16. The van der Waals surface area contributed by atoms with Crippen LogP contribution in [0.3, 0.4) is 0 Å². The van der Waals surface area contributed by atoms with Gasteiger partial charge in [-0.05, 0) is 6.92 Å². The fraction of sp³-hybridized carbons (Fsp3) is 0.400. The number of carbonyl (C=O) groups excluding carboxylic acids is 1. The van der Waals surface area contributed by atoms with Crippen molar-refractivity contribution in [2.45, 2.75) is 13.1 Å². The Morgan fingerprint density at radius 2 is 1.90 bits per heavy atom. The first-order valence-electron chi connectivity index (χ1n) is 2.39. The first-order chi connectivity index (χ1) is 4.34. The highest BCUT2D eigenvalue weighted by molar-refractivity contribution is 5.94. The standard InChI is InChI=1S/C5H6F3NO/c1-3(9)2-4(10)5(6,7)8/h2H,9H2,1H3/b3-2-. The lowest BCUT2D eigenvalue weighted by atomic mass is 10.3. The van der Waals surface area contributed by atoms with E-state index in [2.05, 4.69) is 0 Å². The van der Waals surface area contributed by atoms with E-state index in [0.29, 0.717) is 6.08 Å². The van der Waals surface area contributed by atoms with E-state index in [-0.39, 0.29) is 5.70 Å². The zero-order valence-corrected chi connectivity index (χ0v) is 5.20. The predicted molar refractivity (Wildman–Crippen MR) is 29.0 cm³/mol. The number of hydrogen-bond donors (Lipinski definition) is 1. The van der Waals surface area contributed by atoms with Crippen LogP contribution in [0.15, 0.2) is 11.8 Å². The number of nitrogens with two attached hydrogens (primary N) is 1. The zero-order chi connectivity index (χ0) is 8.36. The van der Waals surface area contributed by atoms with Gasteiger partial charge in [0.05, 0.1) is 0 Å². The molecule has 0 unspecified atom stereocenters. The molecule has 10 heavy (non-hydrogen) atoms. The minimum Gasteiger partial charge on any atom is -0.402 e. The third-order valence-electron chi connectivity index (χ3n) is 0.638. The fourth-order valence-corrected chi connectivity index (χ4v) is 0.289. The number of allylic oxidation sites excluding steroid dienone is 2. The van der Waals surface area contributed by atoms with E-state index in [1.54, 1.807) is 0 Å². The van der Waals surface area contributed by atoms with Gasteiger partial charge in [-0.15, -0.1) is 0 Å². The van der Waals surface area contributed by atoms with E-state index in [9.17, 15) is 18.0 Å². The number of rotatable bonds is 1. The second-order valence-corrected chi connectivity index (χ2v) is 1.75. The van der Waals surface area contributed by atoms with Crippen LogP contribution in [0, 0.1) is 0 Å². The molecular formula is C5H6F3NO. The average molecular weight is 153 g/mol. The number of ketones is 1. The molecule has 0 bridgehead atoms. The normalized spacial score (nSPS) is 13.4. The van der Waals surface area contributed by atoms with Crippen molar-refractivity contribution < 1.29 is 18.0 Å². The summed E-state index contributed by atoms with van der Waals surface area (Å²) in [4.78, 5) is 9.99. The van der Waals surface area contributed by atoms with Crippen LogP contribution in [0.2, 0.25) is 0 Å². The Morgan fingerprint density at radius 1 is 1.50 bits per heavy atom. The maximum Gasteiger partial charge on any atom is 0.454 e. The average Bonchev–Trinajstić information content (AvgIpc) is 1.60. The largest absolute Gasteiger partial charge is 0.454 e. The smallest absolute Gasteiger partial charge is 0.402 e. The summed E-state index contributed by atoms with van der Waals surface area (Å²) >= 11 is 0. The molecule has 58 valence electrons. The summed E-state index contributed by atoms with van der Waals surface area (Å²) in [6.45, 7) is 1.21.